The second kappa shape index (κ2) is 11.1. The van der Waals surface area contributed by atoms with Crippen molar-refractivity contribution in [3.8, 4) is 11.4 Å². The second-order valence-electron chi connectivity index (χ2n) is 9.14. The molecule has 1 fully saturated rings. The summed E-state index contributed by atoms with van der Waals surface area (Å²) in [4.78, 5) is 19.6. The molecule has 0 bridgehead atoms. The van der Waals surface area contributed by atoms with Crippen LogP contribution in [0.2, 0.25) is 5.02 Å². The van der Waals surface area contributed by atoms with Crippen molar-refractivity contribution in [2.45, 2.75) is 18.9 Å². The first-order chi connectivity index (χ1) is 19.4. The third kappa shape index (κ3) is 6.05. The van der Waals surface area contributed by atoms with Crippen molar-refractivity contribution in [2.24, 2.45) is 0 Å². The van der Waals surface area contributed by atoms with Crippen LogP contribution in [0.15, 0.2) is 60.8 Å². The number of carbonyl (C=O) groups is 1. The lowest BCUT2D eigenvalue weighted by Crippen LogP contribution is -2.38. The predicted molar refractivity (Wildman–Crippen MR) is 137 cm³/mol. The van der Waals surface area contributed by atoms with E-state index in [1.54, 1.807) is 35.2 Å². The summed E-state index contributed by atoms with van der Waals surface area (Å²) in [5.41, 5.74) is -2.54. The molecule has 41 heavy (non-hydrogen) atoms. The van der Waals surface area contributed by atoms with E-state index in [1.165, 1.54) is 16.9 Å². The van der Waals surface area contributed by atoms with Crippen LogP contribution in [0.25, 0.3) is 11.4 Å². The number of carbonyl (C=O) groups excluding carboxylic acids is 1. The van der Waals surface area contributed by atoms with Crippen LogP contribution in [0.1, 0.15) is 32.6 Å². The van der Waals surface area contributed by atoms with E-state index in [9.17, 15) is 31.1 Å². The smallest absolute Gasteiger partial charge is 0.378 e. The molecule has 214 valence electrons. The first-order valence-electron chi connectivity index (χ1n) is 12.2. The topological polar surface area (TPSA) is 73.1 Å². The Kier molecular flexibility index (Phi) is 7.75. The van der Waals surface area contributed by atoms with Gasteiger partial charge in [-0.1, -0.05) is 28.9 Å². The molecule has 2 aromatic carbocycles. The predicted octanol–water partition coefficient (Wildman–Crippen LogP) is 6.15. The Morgan fingerprint density at radius 3 is 2.15 bits per heavy atom. The molecule has 0 unspecified atom stereocenters. The van der Waals surface area contributed by atoms with E-state index >= 15 is 0 Å². The van der Waals surface area contributed by atoms with Crippen molar-refractivity contribution < 1.29 is 35.9 Å². The van der Waals surface area contributed by atoms with Crippen LogP contribution in [-0.2, 0) is 23.6 Å². The van der Waals surface area contributed by atoms with Gasteiger partial charge in [-0.05, 0) is 48.0 Å². The van der Waals surface area contributed by atoms with Gasteiger partial charge < -0.3 is 9.64 Å². The first-order valence-corrected chi connectivity index (χ1v) is 12.6. The lowest BCUT2D eigenvalue weighted by Gasteiger charge is -2.29. The molecule has 0 atom stereocenters. The Morgan fingerprint density at radius 2 is 1.51 bits per heavy atom. The molecule has 14 heteroatoms. The number of halogens is 7. The van der Waals surface area contributed by atoms with Crippen molar-refractivity contribution in [3.63, 3.8) is 0 Å². The van der Waals surface area contributed by atoms with Gasteiger partial charge in [-0.15, -0.1) is 5.10 Å². The highest BCUT2D eigenvalue weighted by Gasteiger charge is 2.37. The van der Waals surface area contributed by atoms with Crippen molar-refractivity contribution in [2.75, 3.05) is 31.2 Å². The zero-order chi connectivity index (χ0) is 29.4. The lowest BCUT2D eigenvalue weighted by molar-refractivity contribution is -0.143. The van der Waals surface area contributed by atoms with E-state index < -0.39 is 35.8 Å². The van der Waals surface area contributed by atoms with Crippen LogP contribution in [0.4, 0.5) is 32.2 Å². The molecule has 4 aromatic rings. The van der Waals surface area contributed by atoms with E-state index in [4.69, 9.17) is 16.3 Å². The van der Waals surface area contributed by atoms with Gasteiger partial charge in [0, 0.05) is 24.8 Å². The number of ether oxygens (including phenoxy) is 1. The van der Waals surface area contributed by atoms with E-state index in [0.717, 1.165) is 0 Å². The normalized spacial score (nSPS) is 14.4. The summed E-state index contributed by atoms with van der Waals surface area (Å²) in [6, 6.07) is 10.9. The molecular weight excluding hydrogens is 576 g/mol. The number of hydrogen-bond acceptors (Lipinski definition) is 6. The van der Waals surface area contributed by atoms with Crippen LogP contribution in [0.3, 0.4) is 0 Å². The van der Waals surface area contributed by atoms with Gasteiger partial charge in [-0.3, -0.25) is 9.78 Å². The molecule has 0 N–H and O–H groups in total. The Labute approximate surface area is 234 Å². The fraction of sp³-hybridized carbons (Fsp3) is 0.259. The first kappa shape index (κ1) is 28.6. The number of hydrogen-bond donors (Lipinski definition) is 0. The number of pyridine rings is 1. The molecule has 0 aliphatic carbocycles. The monoisotopic (exact) mass is 595 g/mol. The van der Waals surface area contributed by atoms with Crippen molar-refractivity contribution in [1.82, 2.24) is 20.0 Å². The summed E-state index contributed by atoms with van der Waals surface area (Å²) in [7, 11) is 0. The number of nitrogens with zero attached hydrogens (tertiary/aromatic N) is 5. The van der Waals surface area contributed by atoms with Gasteiger partial charge in [-0.2, -0.15) is 26.3 Å². The molecule has 0 spiro atoms. The van der Waals surface area contributed by atoms with Gasteiger partial charge >= 0.3 is 12.4 Å². The zero-order valence-corrected chi connectivity index (χ0v) is 21.8. The Hall–Kier alpha value is -3.97. The third-order valence-electron chi connectivity index (χ3n) is 6.39. The molecule has 7 nitrogen and oxygen atoms in total. The van der Waals surface area contributed by atoms with Gasteiger partial charge in [0.2, 0.25) is 0 Å². The average Bonchev–Trinajstić information content (AvgIpc) is 3.35. The van der Waals surface area contributed by atoms with Crippen molar-refractivity contribution in [3.05, 3.63) is 93.6 Å². The van der Waals surface area contributed by atoms with Gasteiger partial charge in [-0.25, -0.2) is 4.68 Å². The quantitative estimate of drug-likeness (QED) is 0.197. The molecule has 1 aliphatic rings. The Bertz CT molecular complexity index is 1550. The molecular formula is C27H20ClF6N5O2. The zero-order valence-electron chi connectivity index (χ0n) is 21.0. The number of aromatic nitrogens is 4. The molecule has 0 amide bonds. The fourth-order valence-corrected chi connectivity index (χ4v) is 4.73. The summed E-state index contributed by atoms with van der Waals surface area (Å²) in [6.07, 6.45) is -8.57. The highest BCUT2D eigenvalue weighted by molar-refractivity contribution is 6.35. The van der Waals surface area contributed by atoms with Crippen LogP contribution in [0, 0.1) is 0 Å². The molecule has 2 aromatic heterocycles. The van der Waals surface area contributed by atoms with Crippen LogP contribution in [-0.4, -0.2) is 52.1 Å². The molecule has 3 heterocycles. The average molecular weight is 596 g/mol. The highest BCUT2D eigenvalue weighted by Crippen LogP contribution is 2.37. The molecule has 1 saturated heterocycles. The second-order valence-corrected chi connectivity index (χ2v) is 9.55. The maximum Gasteiger partial charge on any atom is 0.416 e. The standard InChI is InChI=1S/C27H20ClF6N5O2/c28-21-6-2-1-4-19(21)24(40)20-5-3-7-35-22(20)23-25(38-8-10-41-11-9-38)39(37-36-23)15-16-12-17(26(29,30)31)14-18(13-16)27(32,33)34/h1-7,12-14H,8-11,15H2. The Balaban J connectivity index is 1.63. The van der Waals surface area contributed by atoms with E-state index in [0.29, 0.717) is 38.4 Å². The van der Waals surface area contributed by atoms with Gasteiger partial charge in [0.15, 0.2) is 17.3 Å². The van der Waals surface area contributed by atoms with E-state index in [-0.39, 0.29) is 45.0 Å². The number of rotatable bonds is 6. The molecule has 5 rings (SSSR count). The number of morpholine rings is 1. The highest BCUT2D eigenvalue weighted by atomic mass is 35.5. The summed E-state index contributed by atoms with van der Waals surface area (Å²) >= 11 is 6.25. The SMILES string of the molecule is O=C(c1ccccc1Cl)c1cccnc1-c1nnn(Cc2cc(C(F)(F)F)cc(C(F)(F)F)c2)c1N1CCOCC1. The summed E-state index contributed by atoms with van der Waals surface area (Å²) in [6.45, 7) is 0.808. The van der Waals surface area contributed by atoms with Gasteiger partial charge in [0.05, 0.1) is 41.5 Å². The molecule has 0 saturated carbocycles. The summed E-state index contributed by atoms with van der Waals surface area (Å²) in [5, 5.41) is 8.50. The third-order valence-corrected chi connectivity index (χ3v) is 6.72. The van der Waals surface area contributed by atoms with Crippen molar-refractivity contribution in [1.29, 1.82) is 0 Å². The molecule has 1 aliphatic heterocycles. The summed E-state index contributed by atoms with van der Waals surface area (Å²) < 4.78 is 87.5. The van der Waals surface area contributed by atoms with Gasteiger partial charge in [0.25, 0.3) is 0 Å². The number of ketones is 1. The van der Waals surface area contributed by atoms with E-state index in [2.05, 4.69) is 15.3 Å². The van der Waals surface area contributed by atoms with E-state index in [1.807, 2.05) is 0 Å². The Morgan fingerprint density at radius 1 is 0.878 bits per heavy atom. The minimum absolute atomic E-state index is 0.0691. The van der Waals surface area contributed by atoms with Crippen molar-refractivity contribution >= 4 is 23.2 Å². The van der Waals surface area contributed by atoms with Crippen LogP contribution >= 0.6 is 11.6 Å². The maximum absolute atomic E-state index is 13.5. The number of anilines is 1. The number of benzene rings is 2. The largest absolute Gasteiger partial charge is 0.416 e. The minimum Gasteiger partial charge on any atom is -0.378 e. The fourth-order valence-electron chi connectivity index (χ4n) is 4.51. The maximum atomic E-state index is 13.5. The van der Waals surface area contributed by atoms with Crippen LogP contribution in [0.5, 0.6) is 0 Å². The summed E-state index contributed by atoms with van der Waals surface area (Å²) in [5.74, 6) is -0.181. The minimum atomic E-state index is -5.00. The number of alkyl halides is 6. The van der Waals surface area contributed by atoms with Gasteiger partial charge in [0.1, 0.15) is 5.69 Å². The van der Waals surface area contributed by atoms with Crippen LogP contribution < -0.4 is 4.90 Å². The lowest BCUT2D eigenvalue weighted by atomic mass is 10.00. The molecule has 0 radical (unpaired) electrons.